The molecule has 1 aliphatic rings. The van der Waals surface area contributed by atoms with Crippen LogP contribution in [-0.2, 0) is 6.42 Å². The summed E-state index contributed by atoms with van der Waals surface area (Å²) in [6.07, 6.45) is 3.62. The zero-order chi connectivity index (χ0) is 13.2. The lowest BCUT2D eigenvalue weighted by molar-refractivity contribution is -0.0960. The Bertz CT molecular complexity index is 416. The molecule has 2 nitrogen and oxygen atoms in total. The summed E-state index contributed by atoms with van der Waals surface area (Å²) in [7, 11) is 0. The Hall–Kier alpha value is -0.640. The zero-order valence-corrected chi connectivity index (χ0v) is 11.0. The molecular formula is C14H18ClFO2. The molecule has 1 atom stereocenters. The molecular weight excluding hydrogens is 255 g/mol. The second-order valence-electron chi connectivity index (χ2n) is 5.12. The molecule has 0 radical (unpaired) electrons. The Labute approximate surface area is 111 Å². The Morgan fingerprint density at radius 2 is 1.94 bits per heavy atom. The van der Waals surface area contributed by atoms with Gasteiger partial charge in [-0.1, -0.05) is 36.9 Å². The number of halogens is 2. The van der Waals surface area contributed by atoms with Crippen LogP contribution in [-0.4, -0.2) is 21.9 Å². The molecule has 100 valence electrons. The minimum Gasteiger partial charge on any atom is -0.390 e. The summed E-state index contributed by atoms with van der Waals surface area (Å²) >= 11 is 5.93. The van der Waals surface area contributed by atoms with Crippen molar-refractivity contribution in [2.75, 3.05) is 0 Å². The lowest BCUT2D eigenvalue weighted by Gasteiger charge is -2.36. The number of rotatable bonds is 3. The number of hydrogen-bond donors (Lipinski definition) is 2. The van der Waals surface area contributed by atoms with E-state index < -0.39 is 17.5 Å². The summed E-state index contributed by atoms with van der Waals surface area (Å²) in [6, 6.07) is 4.11. The van der Waals surface area contributed by atoms with Crippen LogP contribution < -0.4 is 0 Å². The molecule has 0 aromatic heterocycles. The van der Waals surface area contributed by atoms with Gasteiger partial charge < -0.3 is 10.2 Å². The van der Waals surface area contributed by atoms with Crippen LogP contribution in [0.3, 0.4) is 0 Å². The van der Waals surface area contributed by atoms with Gasteiger partial charge in [-0.2, -0.15) is 0 Å². The maximum Gasteiger partial charge on any atom is 0.124 e. The molecule has 0 amide bonds. The topological polar surface area (TPSA) is 40.5 Å². The van der Waals surface area contributed by atoms with Gasteiger partial charge >= 0.3 is 0 Å². The highest BCUT2D eigenvalue weighted by atomic mass is 35.5. The first-order valence-corrected chi connectivity index (χ1v) is 6.73. The van der Waals surface area contributed by atoms with E-state index in [1.165, 1.54) is 12.1 Å². The molecule has 0 saturated heterocycles. The van der Waals surface area contributed by atoms with Crippen LogP contribution >= 0.6 is 11.6 Å². The van der Waals surface area contributed by atoms with Gasteiger partial charge in [0.05, 0.1) is 11.7 Å². The molecule has 4 heteroatoms. The number of benzene rings is 1. The monoisotopic (exact) mass is 272 g/mol. The Morgan fingerprint density at radius 1 is 1.28 bits per heavy atom. The van der Waals surface area contributed by atoms with Crippen LogP contribution in [0.2, 0.25) is 5.02 Å². The Morgan fingerprint density at radius 3 is 2.56 bits per heavy atom. The summed E-state index contributed by atoms with van der Waals surface area (Å²) in [5.74, 6) is -0.394. The van der Waals surface area contributed by atoms with Crippen molar-refractivity contribution in [3.05, 3.63) is 34.6 Å². The van der Waals surface area contributed by atoms with Crippen molar-refractivity contribution in [3.8, 4) is 0 Å². The molecule has 1 unspecified atom stereocenters. The summed E-state index contributed by atoms with van der Waals surface area (Å²) in [4.78, 5) is 0. The van der Waals surface area contributed by atoms with Crippen molar-refractivity contribution in [1.82, 2.24) is 0 Å². The maximum absolute atomic E-state index is 12.9. The van der Waals surface area contributed by atoms with Crippen LogP contribution in [0.15, 0.2) is 18.2 Å². The summed E-state index contributed by atoms with van der Waals surface area (Å²) in [5, 5.41) is 20.9. The van der Waals surface area contributed by atoms with Gasteiger partial charge in [0.15, 0.2) is 0 Å². The molecule has 1 aromatic rings. The third-order valence-corrected chi connectivity index (χ3v) is 4.12. The van der Waals surface area contributed by atoms with Crippen LogP contribution in [0.25, 0.3) is 0 Å². The first kappa shape index (κ1) is 13.8. The van der Waals surface area contributed by atoms with E-state index in [9.17, 15) is 14.6 Å². The lowest BCUT2D eigenvalue weighted by atomic mass is 9.79. The van der Waals surface area contributed by atoms with Crippen molar-refractivity contribution < 1.29 is 14.6 Å². The third kappa shape index (κ3) is 3.02. The van der Waals surface area contributed by atoms with Gasteiger partial charge in [-0.15, -0.1) is 0 Å². The van der Waals surface area contributed by atoms with Crippen molar-refractivity contribution >= 4 is 11.6 Å². The van der Waals surface area contributed by atoms with Gasteiger partial charge in [-0.05, 0) is 30.5 Å². The molecule has 0 aliphatic heterocycles. The molecule has 0 heterocycles. The van der Waals surface area contributed by atoms with Gasteiger partial charge in [-0.25, -0.2) is 4.39 Å². The average Bonchev–Trinajstić information content (AvgIpc) is 2.33. The fourth-order valence-electron chi connectivity index (χ4n) is 2.58. The Balaban J connectivity index is 2.08. The van der Waals surface area contributed by atoms with Gasteiger partial charge in [0, 0.05) is 11.4 Å². The number of hydrogen-bond acceptors (Lipinski definition) is 2. The van der Waals surface area contributed by atoms with E-state index in [0.717, 1.165) is 19.3 Å². The van der Waals surface area contributed by atoms with Gasteiger partial charge in [0.2, 0.25) is 0 Å². The molecule has 0 spiro atoms. The van der Waals surface area contributed by atoms with Gasteiger partial charge in [0.1, 0.15) is 5.82 Å². The number of aliphatic hydroxyl groups excluding tert-OH is 1. The highest BCUT2D eigenvalue weighted by Gasteiger charge is 2.36. The fourth-order valence-corrected chi connectivity index (χ4v) is 2.83. The predicted octanol–water partition coefficient (Wildman–Crippen LogP) is 3.08. The molecule has 1 saturated carbocycles. The highest BCUT2D eigenvalue weighted by molar-refractivity contribution is 6.31. The van der Waals surface area contributed by atoms with Crippen LogP contribution in [0.5, 0.6) is 0 Å². The lowest BCUT2D eigenvalue weighted by Crippen LogP contribution is -2.45. The summed E-state index contributed by atoms with van der Waals surface area (Å²) in [5.41, 5.74) is -0.347. The molecule has 1 aromatic carbocycles. The van der Waals surface area contributed by atoms with Crippen LogP contribution in [0, 0.1) is 5.82 Å². The highest BCUT2D eigenvalue weighted by Crippen LogP contribution is 2.33. The van der Waals surface area contributed by atoms with E-state index in [0.29, 0.717) is 23.4 Å². The largest absolute Gasteiger partial charge is 0.390 e. The molecule has 18 heavy (non-hydrogen) atoms. The molecule has 2 N–H and O–H groups in total. The van der Waals surface area contributed by atoms with E-state index in [1.54, 1.807) is 6.07 Å². The molecule has 1 fully saturated rings. The minimum atomic E-state index is -1.02. The fraction of sp³-hybridized carbons (Fsp3) is 0.571. The standard InChI is InChI=1S/C14H18ClFO2/c15-12-9-11(16)5-4-10(12)8-13(17)14(18)6-2-1-3-7-14/h4-5,9,13,17-18H,1-3,6-8H2. The first-order valence-electron chi connectivity index (χ1n) is 6.36. The van der Waals surface area contributed by atoms with Crippen molar-refractivity contribution in [2.45, 2.75) is 50.2 Å². The van der Waals surface area contributed by atoms with Crippen LogP contribution in [0.1, 0.15) is 37.7 Å². The SMILES string of the molecule is OC(Cc1ccc(F)cc1Cl)C1(O)CCCCC1. The molecule has 0 bridgehead atoms. The minimum absolute atomic E-state index is 0.260. The first-order chi connectivity index (χ1) is 8.51. The quantitative estimate of drug-likeness (QED) is 0.888. The summed E-state index contributed by atoms with van der Waals surface area (Å²) < 4.78 is 12.9. The molecule has 2 rings (SSSR count). The van der Waals surface area contributed by atoms with Crippen molar-refractivity contribution in [2.24, 2.45) is 0 Å². The van der Waals surface area contributed by atoms with Crippen LogP contribution in [0.4, 0.5) is 4.39 Å². The van der Waals surface area contributed by atoms with E-state index in [-0.39, 0.29) is 6.42 Å². The Kier molecular flexibility index (Phi) is 4.25. The van der Waals surface area contributed by atoms with E-state index in [4.69, 9.17) is 11.6 Å². The van der Waals surface area contributed by atoms with Gasteiger partial charge in [0.25, 0.3) is 0 Å². The second kappa shape index (κ2) is 5.55. The van der Waals surface area contributed by atoms with Gasteiger partial charge in [-0.3, -0.25) is 0 Å². The van der Waals surface area contributed by atoms with E-state index in [2.05, 4.69) is 0 Å². The average molecular weight is 273 g/mol. The van der Waals surface area contributed by atoms with Crippen molar-refractivity contribution in [1.29, 1.82) is 0 Å². The third-order valence-electron chi connectivity index (χ3n) is 3.77. The predicted molar refractivity (Wildman–Crippen MR) is 69.2 cm³/mol. The number of aliphatic hydroxyl groups is 2. The van der Waals surface area contributed by atoms with Crippen molar-refractivity contribution in [3.63, 3.8) is 0 Å². The second-order valence-corrected chi connectivity index (χ2v) is 5.53. The maximum atomic E-state index is 12.9. The summed E-state index contributed by atoms with van der Waals surface area (Å²) in [6.45, 7) is 0. The molecule has 1 aliphatic carbocycles. The smallest absolute Gasteiger partial charge is 0.124 e. The van der Waals surface area contributed by atoms with E-state index >= 15 is 0 Å². The zero-order valence-electron chi connectivity index (χ0n) is 10.2. The van der Waals surface area contributed by atoms with E-state index in [1.807, 2.05) is 0 Å². The normalized spacial score (nSPS) is 20.7.